The van der Waals surface area contributed by atoms with Gasteiger partial charge in [0, 0.05) is 24.6 Å². The molecule has 0 saturated heterocycles. The SMILES string of the molecule is Cc1nc2n(n1)CC(NC(=O)CCc1ccccc1N)CC2.Cl. The first-order valence-corrected chi connectivity index (χ1v) is 7.65. The zero-order valence-electron chi connectivity index (χ0n) is 13.2. The maximum Gasteiger partial charge on any atom is 0.220 e. The number of aromatic nitrogens is 3. The van der Waals surface area contributed by atoms with Crippen LogP contribution >= 0.6 is 12.4 Å². The second-order valence-corrected chi connectivity index (χ2v) is 5.76. The summed E-state index contributed by atoms with van der Waals surface area (Å²) in [4.78, 5) is 16.5. The molecule has 1 aromatic heterocycles. The Hall–Kier alpha value is -2.08. The van der Waals surface area contributed by atoms with Crippen LogP contribution in [0.15, 0.2) is 24.3 Å². The highest BCUT2D eigenvalue weighted by Crippen LogP contribution is 2.15. The van der Waals surface area contributed by atoms with E-state index in [-0.39, 0.29) is 24.4 Å². The summed E-state index contributed by atoms with van der Waals surface area (Å²) in [5, 5.41) is 7.44. The van der Waals surface area contributed by atoms with Crippen molar-refractivity contribution in [3.05, 3.63) is 41.5 Å². The quantitative estimate of drug-likeness (QED) is 0.832. The molecule has 1 atom stereocenters. The van der Waals surface area contributed by atoms with Crippen LogP contribution < -0.4 is 11.1 Å². The second kappa shape index (κ2) is 7.46. The zero-order chi connectivity index (χ0) is 15.5. The molecule has 1 aliphatic heterocycles. The fourth-order valence-corrected chi connectivity index (χ4v) is 2.86. The first kappa shape index (κ1) is 17.3. The predicted octanol–water partition coefficient (Wildman–Crippen LogP) is 1.65. The molecular weight excluding hydrogens is 314 g/mol. The number of fused-ring (bicyclic) bond motifs is 1. The Morgan fingerprint density at radius 2 is 2.22 bits per heavy atom. The van der Waals surface area contributed by atoms with Gasteiger partial charge in [-0.25, -0.2) is 9.67 Å². The van der Waals surface area contributed by atoms with E-state index in [0.717, 1.165) is 35.7 Å². The van der Waals surface area contributed by atoms with Crippen LogP contribution in [0.4, 0.5) is 5.69 Å². The number of para-hydroxylation sites is 1. The zero-order valence-corrected chi connectivity index (χ0v) is 14.0. The van der Waals surface area contributed by atoms with Gasteiger partial charge in [0.2, 0.25) is 5.91 Å². The van der Waals surface area contributed by atoms with E-state index in [1.54, 1.807) is 0 Å². The van der Waals surface area contributed by atoms with Gasteiger partial charge in [-0.05, 0) is 31.4 Å². The van der Waals surface area contributed by atoms with Gasteiger partial charge in [0.25, 0.3) is 0 Å². The van der Waals surface area contributed by atoms with Crippen LogP contribution in [0.1, 0.15) is 30.1 Å². The highest BCUT2D eigenvalue weighted by Gasteiger charge is 2.22. The lowest BCUT2D eigenvalue weighted by molar-refractivity contribution is -0.122. The third kappa shape index (κ3) is 4.22. The van der Waals surface area contributed by atoms with E-state index in [1.165, 1.54) is 0 Å². The minimum atomic E-state index is 0. The number of nitrogens with zero attached hydrogens (tertiary/aromatic N) is 3. The molecule has 1 aliphatic rings. The molecule has 0 spiro atoms. The van der Waals surface area contributed by atoms with Crippen LogP contribution in [-0.2, 0) is 24.2 Å². The molecule has 0 aliphatic carbocycles. The summed E-state index contributed by atoms with van der Waals surface area (Å²) in [6, 6.07) is 7.81. The van der Waals surface area contributed by atoms with Gasteiger partial charge in [-0.2, -0.15) is 5.10 Å². The van der Waals surface area contributed by atoms with Gasteiger partial charge in [0.05, 0.1) is 6.54 Å². The van der Waals surface area contributed by atoms with Gasteiger partial charge in [0.1, 0.15) is 11.6 Å². The van der Waals surface area contributed by atoms with Crippen molar-refractivity contribution >= 4 is 24.0 Å². The third-order valence-corrected chi connectivity index (χ3v) is 4.01. The number of anilines is 1. The van der Waals surface area contributed by atoms with E-state index in [9.17, 15) is 4.79 Å². The van der Waals surface area contributed by atoms with Crippen LogP contribution in [0.2, 0.25) is 0 Å². The maximum absolute atomic E-state index is 12.1. The lowest BCUT2D eigenvalue weighted by Crippen LogP contribution is -2.41. The lowest BCUT2D eigenvalue weighted by Gasteiger charge is -2.23. The largest absolute Gasteiger partial charge is 0.399 e. The van der Waals surface area contributed by atoms with Crippen molar-refractivity contribution in [2.24, 2.45) is 0 Å². The Kier molecular flexibility index (Phi) is 5.60. The van der Waals surface area contributed by atoms with Crippen LogP contribution in [0.25, 0.3) is 0 Å². The van der Waals surface area contributed by atoms with Crippen molar-refractivity contribution in [3.8, 4) is 0 Å². The molecule has 1 unspecified atom stereocenters. The van der Waals surface area contributed by atoms with E-state index >= 15 is 0 Å². The molecule has 124 valence electrons. The topological polar surface area (TPSA) is 85.8 Å². The molecule has 3 N–H and O–H groups in total. The Morgan fingerprint density at radius 1 is 1.43 bits per heavy atom. The van der Waals surface area contributed by atoms with E-state index in [1.807, 2.05) is 35.9 Å². The van der Waals surface area contributed by atoms with Crippen LogP contribution in [0, 0.1) is 6.92 Å². The molecule has 1 amide bonds. The molecule has 0 radical (unpaired) electrons. The monoisotopic (exact) mass is 335 g/mol. The molecule has 0 fully saturated rings. The van der Waals surface area contributed by atoms with Crippen molar-refractivity contribution in [1.29, 1.82) is 0 Å². The number of carbonyl (C=O) groups excluding carboxylic acids is 1. The number of rotatable bonds is 4. The van der Waals surface area contributed by atoms with E-state index in [0.29, 0.717) is 19.4 Å². The summed E-state index contributed by atoms with van der Waals surface area (Å²) >= 11 is 0. The average Bonchev–Trinajstić information content (AvgIpc) is 2.86. The van der Waals surface area contributed by atoms with Crippen LogP contribution in [-0.4, -0.2) is 26.7 Å². The highest BCUT2D eigenvalue weighted by molar-refractivity contribution is 5.85. The number of amides is 1. The molecular formula is C16H22ClN5O. The number of nitrogen functional groups attached to an aromatic ring is 1. The minimum Gasteiger partial charge on any atom is -0.399 e. The average molecular weight is 336 g/mol. The molecule has 2 heterocycles. The number of hydrogen-bond acceptors (Lipinski definition) is 4. The summed E-state index contributed by atoms with van der Waals surface area (Å²) in [5.74, 6) is 1.87. The van der Waals surface area contributed by atoms with Crippen molar-refractivity contribution in [3.63, 3.8) is 0 Å². The van der Waals surface area contributed by atoms with Crippen molar-refractivity contribution < 1.29 is 4.79 Å². The number of nitrogens with one attached hydrogen (secondary N) is 1. The maximum atomic E-state index is 12.1. The highest BCUT2D eigenvalue weighted by atomic mass is 35.5. The summed E-state index contributed by atoms with van der Waals surface area (Å²) in [7, 11) is 0. The molecule has 6 nitrogen and oxygen atoms in total. The molecule has 23 heavy (non-hydrogen) atoms. The van der Waals surface area contributed by atoms with Crippen LogP contribution in [0.5, 0.6) is 0 Å². The summed E-state index contributed by atoms with van der Waals surface area (Å²) in [6.45, 7) is 2.60. The first-order valence-electron chi connectivity index (χ1n) is 7.65. The Bertz CT molecular complexity index is 685. The Morgan fingerprint density at radius 3 is 3.00 bits per heavy atom. The van der Waals surface area contributed by atoms with Crippen molar-refractivity contribution in [1.82, 2.24) is 20.1 Å². The van der Waals surface area contributed by atoms with Gasteiger partial charge in [-0.1, -0.05) is 18.2 Å². The molecule has 0 saturated carbocycles. The van der Waals surface area contributed by atoms with Gasteiger partial charge >= 0.3 is 0 Å². The minimum absolute atomic E-state index is 0. The first-order chi connectivity index (χ1) is 10.6. The fourth-order valence-electron chi connectivity index (χ4n) is 2.86. The number of halogens is 1. The van der Waals surface area contributed by atoms with Gasteiger partial charge in [0.15, 0.2) is 0 Å². The molecule has 2 aromatic rings. The number of hydrogen-bond donors (Lipinski definition) is 2. The van der Waals surface area contributed by atoms with Gasteiger partial charge < -0.3 is 11.1 Å². The van der Waals surface area contributed by atoms with Crippen molar-refractivity contribution in [2.45, 2.75) is 45.2 Å². The predicted molar refractivity (Wildman–Crippen MR) is 91.4 cm³/mol. The molecule has 7 heteroatoms. The molecule has 0 bridgehead atoms. The number of aryl methyl sites for hydroxylation is 3. The summed E-state index contributed by atoms with van der Waals surface area (Å²) in [6.07, 6.45) is 2.89. The lowest BCUT2D eigenvalue weighted by atomic mass is 10.1. The van der Waals surface area contributed by atoms with E-state index in [2.05, 4.69) is 15.4 Å². The van der Waals surface area contributed by atoms with Gasteiger partial charge in [-0.15, -0.1) is 12.4 Å². The standard InChI is InChI=1S/C16H21N5O.ClH/c1-11-18-15-8-7-13(10-21(15)20-11)19-16(22)9-6-12-4-2-3-5-14(12)17;/h2-5,13H,6-10,17H2,1H3,(H,19,22);1H. The van der Waals surface area contributed by atoms with Crippen molar-refractivity contribution in [2.75, 3.05) is 5.73 Å². The molecule has 3 rings (SSSR count). The third-order valence-electron chi connectivity index (χ3n) is 4.01. The summed E-state index contributed by atoms with van der Waals surface area (Å²) in [5.41, 5.74) is 7.67. The Labute approximate surface area is 141 Å². The number of carbonyl (C=O) groups is 1. The molecule has 1 aromatic carbocycles. The summed E-state index contributed by atoms with van der Waals surface area (Å²) < 4.78 is 1.90. The fraction of sp³-hybridized carbons (Fsp3) is 0.438. The Balaban J connectivity index is 0.00000192. The normalized spacial score (nSPS) is 16.3. The van der Waals surface area contributed by atoms with E-state index < -0.39 is 0 Å². The number of benzene rings is 1. The smallest absolute Gasteiger partial charge is 0.220 e. The second-order valence-electron chi connectivity index (χ2n) is 5.76. The van der Waals surface area contributed by atoms with Gasteiger partial charge in [-0.3, -0.25) is 4.79 Å². The van der Waals surface area contributed by atoms with Crippen LogP contribution in [0.3, 0.4) is 0 Å². The number of nitrogens with two attached hydrogens (primary N) is 1. The van der Waals surface area contributed by atoms with E-state index in [4.69, 9.17) is 5.73 Å².